The summed E-state index contributed by atoms with van der Waals surface area (Å²) in [5, 5.41) is 14.1. The molecule has 116 valence electrons. The maximum absolute atomic E-state index is 12.1. The molecule has 0 unspecified atom stereocenters. The maximum atomic E-state index is 12.1. The highest BCUT2D eigenvalue weighted by Crippen LogP contribution is 2.41. The van der Waals surface area contributed by atoms with E-state index in [0.717, 1.165) is 11.7 Å². The topological polar surface area (TPSA) is 61.8 Å². The molecule has 2 aliphatic carbocycles. The molecule has 0 aromatic heterocycles. The van der Waals surface area contributed by atoms with Crippen molar-refractivity contribution in [3.8, 4) is 0 Å². The number of hydrogen-bond donors (Lipinski definition) is 2. The Morgan fingerprint density at radius 1 is 1.33 bits per heavy atom. The van der Waals surface area contributed by atoms with Crippen molar-refractivity contribution in [1.82, 2.24) is 10.2 Å². The monoisotopic (exact) mass is 310 g/mol. The first-order valence-corrected chi connectivity index (χ1v) is 8.51. The summed E-state index contributed by atoms with van der Waals surface area (Å²) in [6, 6.07) is 0.0432. The van der Waals surface area contributed by atoms with E-state index in [2.05, 4.69) is 10.2 Å². The van der Waals surface area contributed by atoms with Crippen molar-refractivity contribution >= 4 is 23.3 Å². The molecule has 0 radical (unpaired) electrons. The molecule has 2 N–H and O–H groups in total. The van der Waals surface area contributed by atoms with Gasteiger partial charge < -0.3 is 20.1 Å². The normalized spacial score (nSPS) is 42.7. The van der Waals surface area contributed by atoms with Crippen molar-refractivity contribution in [2.75, 3.05) is 6.54 Å². The molecule has 0 aromatic rings. The van der Waals surface area contributed by atoms with Crippen molar-refractivity contribution in [3.05, 3.63) is 0 Å². The third-order valence-corrected chi connectivity index (χ3v) is 6.01. The lowest BCUT2D eigenvalue weighted by Crippen LogP contribution is -2.66. The first kappa shape index (κ1) is 13.8. The minimum absolute atomic E-state index is 0.0347. The fourth-order valence-electron chi connectivity index (χ4n) is 4.62. The summed E-state index contributed by atoms with van der Waals surface area (Å²) >= 11 is 5.50. The fraction of sp³-hybridized carbons (Fsp3) is 0.867. The molecule has 5 atom stereocenters. The van der Waals surface area contributed by atoms with E-state index in [0.29, 0.717) is 12.3 Å². The van der Waals surface area contributed by atoms with Gasteiger partial charge in [-0.1, -0.05) is 19.3 Å². The van der Waals surface area contributed by atoms with Gasteiger partial charge in [-0.15, -0.1) is 0 Å². The molecule has 5 fully saturated rings. The van der Waals surface area contributed by atoms with Gasteiger partial charge in [0.15, 0.2) is 5.11 Å². The quantitative estimate of drug-likeness (QED) is 0.581. The molecule has 0 spiro atoms. The third kappa shape index (κ3) is 2.14. The molecular weight excluding hydrogens is 288 g/mol. The summed E-state index contributed by atoms with van der Waals surface area (Å²) in [7, 11) is 0. The van der Waals surface area contributed by atoms with Crippen molar-refractivity contribution in [3.63, 3.8) is 0 Å². The van der Waals surface area contributed by atoms with Crippen molar-refractivity contribution < 1.29 is 14.6 Å². The number of rotatable bonds is 2. The summed E-state index contributed by atoms with van der Waals surface area (Å²) in [6.45, 7) is 0.944. The number of ether oxygens (including phenoxy) is 1. The van der Waals surface area contributed by atoms with Crippen LogP contribution >= 0.6 is 12.2 Å². The second kappa shape index (κ2) is 5.09. The standard InChI is InChI=1S/C15H22N2O3S/c18-10-6-9-12-11(13(10)20-14(9)19)16-15(21)17(12)7-8-4-2-1-3-5-8/h8-13,18H,1-7H2,(H,16,21)/t9-,10-,11-,12-,13+/m1/s1. The highest BCUT2D eigenvalue weighted by molar-refractivity contribution is 7.80. The van der Waals surface area contributed by atoms with Gasteiger partial charge in [0, 0.05) is 6.54 Å². The average molecular weight is 310 g/mol. The lowest BCUT2D eigenvalue weighted by Gasteiger charge is -2.48. The fourth-order valence-corrected chi connectivity index (χ4v) is 4.95. The lowest BCUT2D eigenvalue weighted by atomic mass is 9.74. The lowest BCUT2D eigenvalue weighted by molar-refractivity contribution is -0.193. The molecule has 5 rings (SSSR count). The van der Waals surface area contributed by atoms with Crippen LogP contribution in [0.4, 0.5) is 0 Å². The Morgan fingerprint density at radius 2 is 2.10 bits per heavy atom. The van der Waals surface area contributed by atoms with Crippen LogP contribution in [0.1, 0.15) is 38.5 Å². The van der Waals surface area contributed by atoms with Crippen molar-refractivity contribution in [2.24, 2.45) is 11.8 Å². The Balaban J connectivity index is 1.55. The second-order valence-corrected chi connectivity index (χ2v) is 7.32. The van der Waals surface area contributed by atoms with Gasteiger partial charge in [0.2, 0.25) is 0 Å². The van der Waals surface area contributed by atoms with Gasteiger partial charge in [-0.25, -0.2) is 0 Å². The summed E-state index contributed by atoms with van der Waals surface area (Å²) in [4.78, 5) is 14.3. The van der Waals surface area contributed by atoms with Crippen molar-refractivity contribution in [1.29, 1.82) is 0 Å². The summed E-state index contributed by atoms with van der Waals surface area (Å²) in [5.41, 5.74) is 0. The molecular formula is C15H22N2O3S. The van der Waals surface area contributed by atoms with Gasteiger partial charge in [-0.3, -0.25) is 4.79 Å². The molecule has 6 heteroatoms. The van der Waals surface area contributed by atoms with Crippen LogP contribution in [0.5, 0.6) is 0 Å². The number of carbonyl (C=O) groups excluding carboxylic acids is 1. The first-order valence-electron chi connectivity index (χ1n) is 8.11. The molecule has 3 aliphatic heterocycles. The zero-order valence-electron chi connectivity index (χ0n) is 12.0. The maximum Gasteiger partial charge on any atom is 0.311 e. The van der Waals surface area contributed by atoms with Crippen LogP contribution in [0.25, 0.3) is 0 Å². The zero-order chi connectivity index (χ0) is 14.6. The van der Waals surface area contributed by atoms with Gasteiger partial charge in [-0.2, -0.15) is 0 Å². The van der Waals surface area contributed by atoms with E-state index in [4.69, 9.17) is 17.0 Å². The molecule has 3 heterocycles. The predicted molar refractivity (Wildman–Crippen MR) is 80.6 cm³/mol. The van der Waals surface area contributed by atoms with Crippen LogP contribution in [-0.4, -0.2) is 51.9 Å². The van der Waals surface area contributed by atoms with E-state index in [1.165, 1.54) is 32.1 Å². The Morgan fingerprint density at radius 3 is 2.86 bits per heavy atom. The molecule has 21 heavy (non-hydrogen) atoms. The number of hydrogen-bond acceptors (Lipinski definition) is 4. The molecule has 5 aliphatic rings. The van der Waals surface area contributed by atoms with Gasteiger partial charge in [0.05, 0.1) is 24.1 Å². The Kier molecular flexibility index (Phi) is 3.34. The number of thiocarbonyl (C=S) groups is 1. The van der Waals surface area contributed by atoms with Gasteiger partial charge >= 0.3 is 5.97 Å². The van der Waals surface area contributed by atoms with Gasteiger partial charge in [0.25, 0.3) is 0 Å². The number of nitrogens with zero attached hydrogens (tertiary/aromatic N) is 1. The number of carbonyl (C=O) groups is 1. The Bertz CT molecular complexity index is 466. The van der Waals surface area contributed by atoms with E-state index >= 15 is 0 Å². The molecule has 2 saturated carbocycles. The number of esters is 1. The van der Waals surface area contributed by atoms with Crippen LogP contribution in [0.2, 0.25) is 0 Å². The van der Waals surface area contributed by atoms with E-state index < -0.39 is 12.2 Å². The molecule has 0 amide bonds. The number of nitrogens with one attached hydrogen (secondary N) is 1. The van der Waals surface area contributed by atoms with Crippen LogP contribution in [0.3, 0.4) is 0 Å². The number of fused-ring (bicyclic) bond motifs is 2. The largest absolute Gasteiger partial charge is 0.457 e. The molecule has 2 bridgehead atoms. The third-order valence-electron chi connectivity index (χ3n) is 5.65. The minimum Gasteiger partial charge on any atom is -0.457 e. The van der Waals surface area contributed by atoms with Gasteiger partial charge in [0.1, 0.15) is 6.10 Å². The van der Waals surface area contributed by atoms with E-state index in [1.54, 1.807) is 0 Å². The summed E-state index contributed by atoms with van der Waals surface area (Å²) in [6.07, 6.45) is 5.99. The smallest absolute Gasteiger partial charge is 0.311 e. The van der Waals surface area contributed by atoms with E-state index in [-0.39, 0.29) is 24.0 Å². The SMILES string of the molecule is O=C1O[C@@H]2[C@@H]3NC(=S)N(CC4CCCCC4)[C@@H]3[C@H]1C[C@H]2O. The second-order valence-electron chi connectivity index (χ2n) is 6.93. The first-order chi connectivity index (χ1) is 10.1. The van der Waals surface area contributed by atoms with Crippen LogP contribution in [0.15, 0.2) is 0 Å². The Labute approximate surface area is 130 Å². The summed E-state index contributed by atoms with van der Waals surface area (Å²) in [5.74, 6) is 0.275. The summed E-state index contributed by atoms with van der Waals surface area (Å²) < 4.78 is 5.36. The van der Waals surface area contributed by atoms with Crippen molar-refractivity contribution in [2.45, 2.75) is 62.8 Å². The van der Waals surface area contributed by atoms with Crippen LogP contribution < -0.4 is 5.32 Å². The zero-order valence-corrected chi connectivity index (χ0v) is 12.8. The number of aliphatic hydroxyl groups excluding tert-OH is 1. The van der Waals surface area contributed by atoms with Gasteiger partial charge in [-0.05, 0) is 37.4 Å². The van der Waals surface area contributed by atoms with E-state index in [1.807, 2.05) is 0 Å². The average Bonchev–Trinajstić information content (AvgIpc) is 2.80. The highest BCUT2D eigenvalue weighted by atomic mass is 32.1. The van der Waals surface area contributed by atoms with Crippen LogP contribution in [-0.2, 0) is 9.53 Å². The highest BCUT2D eigenvalue weighted by Gasteiger charge is 2.59. The number of aliphatic hydroxyl groups is 1. The predicted octanol–water partition coefficient (Wildman–Crippen LogP) is 0.800. The minimum atomic E-state index is -0.557. The van der Waals surface area contributed by atoms with Crippen LogP contribution in [0, 0.1) is 11.8 Å². The molecule has 3 saturated heterocycles. The van der Waals surface area contributed by atoms with E-state index in [9.17, 15) is 9.90 Å². The Hall–Kier alpha value is -0.880. The molecule has 5 nitrogen and oxygen atoms in total. The molecule has 0 aromatic carbocycles.